The van der Waals surface area contributed by atoms with Crippen LogP contribution in [0.1, 0.15) is 24.6 Å². The van der Waals surface area contributed by atoms with E-state index in [0.29, 0.717) is 19.6 Å². The summed E-state index contributed by atoms with van der Waals surface area (Å²) in [7, 11) is 0. The molecular weight excluding hydrogens is 368 g/mol. The van der Waals surface area contributed by atoms with Crippen LogP contribution in [0.5, 0.6) is 5.75 Å². The Balaban J connectivity index is 1.42. The third-order valence-electron chi connectivity index (χ3n) is 4.95. The molecular formula is C23H28N2O4. The third kappa shape index (κ3) is 6.41. The molecule has 1 aromatic carbocycles. The monoisotopic (exact) mass is 396 g/mol. The van der Waals surface area contributed by atoms with Crippen LogP contribution < -0.4 is 4.74 Å². The number of carbonyl (C=O) groups is 1. The van der Waals surface area contributed by atoms with E-state index < -0.39 is 12.1 Å². The van der Waals surface area contributed by atoms with Crippen molar-refractivity contribution in [3.8, 4) is 5.75 Å². The first-order valence-corrected chi connectivity index (χ1v) is 10.0. The number of benzene rings is 1. The molecule has 0 saturated heterocycles. The second-order valence-corrected chi connectivity index (χ2v) is 6.97. The van der Waals surface area contributed by atoms with Gasteiger partial charge in [-0.2, -0.15) is 0 Å². The highest BCUT2D eigenvalue weighted by Crippen LogP contribution is 2.20. The minimum Gasteiger partial charge on any atom is -0.492 e. The summed E-state index contributed by atoms with van der Waals surface area (Å²) in [6.07, 6.45) is 4.62. The van der Waals surface area contributed by atoms with Gasteiger partial charge in [0.05, 0.1) is 5.69 Å². The lowest BCUT2D eigenvalue weighted by molar-refractivity contribution is -0.149. The van der Waals surface area contributed by atoms with E-state index in [1.807, 2.05) is 42.6 Å². The Bertz CT molecular complexity index is 805. The van der Waals surface area contributed by atoms with Gasteiger partial charge >= 0.3 is 5.97 Å². The molecule has 2 aromatic rings. The van der Waals surface area contributed by atoms with Crippen molar-refractivity contribution in [3.63, 3.8) is 0 Å². The molecule has 3 rings (SSSR count). The molecule has 0 aliphatic carbocycles. The molecule has 6 nitrogen and oxygen atoms in total. The third-order valence-corrected chi connectivity index (χ3v) is 4.95. The van der Waals surface area contributed by atoms with Crippen molar-refractivity contribution in [1.82, 2.24) is 9.88 Å². The zero-order valence-electron chi connectivity index (χ0n) is 16.8. The number of aromatic nitrogens is 1. The van der Waals surface area contributed by atoms with Crippen LogP contribution in [-0.2, 0) is 16.0 Å². The summed E-state index contributed by atoms with van der Waals surface area (Å²) in [6.45, 7) is 5.56. The molecule has 0 spiro atoms. The Morgan fingerprint density at radius 1 is 1.24 bits per heavy atom. The zero-order chi connectivity index (χ0) is 20.5. The molecule has 1 N–H and O–H groups in total. The standard InChI is InChI=1S/C23H28N2O4/c1-2-28-22(23(26)27)17-18-6-8-20(9-7-18)29-16-15-25-13-10-19(11-14-25)21-5-3-4-12-24-21/h3-10,12,22H,2,11,13-17H2,1H3,(H,26,27). The first-order chi connectivity index (χ1) is 14.2. The normalized spacial score (nSPS) is 15.6. The number of aliphatic carboxylic acids is 1. The summed E-state index contributed by atoms with van der Waals surface area (Å²) in [6, 6.07) is 13.6. The van der Waals surface area contributed by atoms with Crippen LogP contribution in [0.4, 0.5) is 0 Å². The van der Waals surface area contributed by atoms with Crippen molar-refractivity contribution in [2.45, 2.75) is 25.9 Å². The van der Waals surface area contributed by atoms with E-state index in [2.05, 4.69) is 22.0 Å². The van der Waals surface area contributed by atoms with Crippen LogP contribution in [-0.4, -0.2) is 59.9 Å². The molecule has 0 radical (unpaired) electrons. The summed E-state index contributed by atoms with van der Waals surface area (Å²) in [5.74, 6) is -0.146. The van der Waals surface area contributed by atoms with E-state index in [0.717, 1.165) is 43.1 Å². The van der Waals surface area contributed by atoms with Gasteiger partial charge in [-0.3, -0.25) is 9.88 Å². The fourth-order valence-corrected chi connectivity index (χ4v) is 3.35. The second-order valence-electron chi connectivity index (χ2n) is 6.97. The Morgan fingerprint density at radius 3 is 2.69 bits per heavy atom. The number of carboxylic acids is 1. The molecule has 1 atom stereocenters. The lowest BCUT2D eigenvalue weighted by atomic mass is 10.0. The smallest absolute Gasteiger partial charge is 0.333 e. The highest BCUT2D eigenvalue weighted by atomic mass is 16.5. The van der Waals surface area contributed by atoms with Gasteiger partial charge < -0.3 is 14.6 Å². The van der Waals surface area contributed by atoms with E-state index in [9.17, 15) is 9.90 Å². The Hall–Kier alpha value is -2.70. The summed E-state index contributed by atoms with van der Waals surface area (Å²) < 4.78 is 11.1. The first kappa shape index (κ1) is 21.0. The maximum absolute atomic E-state index is 11.2. The number of hydrogen-bond acceptors (Lipinski definition) is 5. The SMILES string of the molecule is CCOC(Cc1ccc(OCCN2CC=C(c3ccccn3)CC2)cc1)C(=O)O. The van der Waals surface area contributed by atoms with E-state index in [4.69, 9.17) is 9.47 Å². The van der Waals surface area contributed by atoms with E-state index >= 15 is 0 Å². The molecule has 1 aromatic heterocycles. The van der Waals surface area contributed by atoms with Gasteiger partial charge in [0, 0.05) is 38.9 Å². The minimum absolute atomic E-state index is 0.349. The van der Waals surface area contributed by atoms with Gasteiger partial charge in [-0.25, -0.2) is 4.79 Å². The van der Waals surface area contributed by atoms with Gasteiger partial charge in [-0.1, -0.05) is 24.3 Å². The minimum atomic E-state index is -0.936. The fourth-order valence-electron chi connectivity index (χ4n) is 3.35. The number of ether oxygens (including phenoxy) is 2. The Kier molecular flexibility index (Phi) is 7.78. The molecule has 154 valence electrons. The van der Waals surface area contributed by atoms with Crippen LogP contribution in [0.3, 0.4) is 0 Å². The maximum atomic E-state index is 11.2. The summed E-state index contributed by atoms with van der Waals surface area (Å²) in [5.41, 5.74) is 3.30. The van der Waals surface area contributed by atoms with Crippen LogP contribution in [0, 0.1) is 0 Å². The van der Waals surface area contributed by atoms with Crippen LogP contribution in [0.15, 0.2) is 54.7 Å². The molecule has 2 heterocycles. The van der Waals surface area contributed by atoms with Crippen molar-refractivity contribution < 1.29 is 19.4 Å². The van der Waals surface area contributed by atoms with Gasteiger partial charge in [0.1, 0.15) is 12.4 Å². The molecule has 1 aliphatic heterocycles. The molecule has 0 fully saturated rings. The molecule has 1 unspecified atom stereocenters. The number of nitrogens with zero attached hydrogens (tertiary/aromatic N) is 2. The van der Waals surface area contributed by atoms with Crippen molar-refractivity contribution >= 4 is 11.5 Å². The quantitative estimate of drug-likeness (QED) is 0.665. The number of pyridine rings is 1. The van der Waals surface area contributed by atoms with Gasteiger partial charge in [0.2, 0.25) is 0 Å². The largest absolute Gasteiger partial charge is 0.492 e. The second kappa shape index (κ2) is 10.7. The molecule has 29 heavy (non-hydrogen) atoms. The Morgan fingerprint density at radius 2 is 2.07 bits per heavy atom. The van der Waals surface area contributed by atoms with Gasteiger partial charge in [0.15, 0.2) is 6.10 Å². The van der Waals surface area contributed by atoms with E-state index in [-0.39, 0.29) is 0 Å². The molecule has 0 bridgehead atoms. The Labute approximate surface area is 171 Å². The van der Waals surface area contributed by atoms with Crippen LogP contribution >= 0.6 is 0 Å². The topological polar surface area (TPSA) is 71.9 Å². The number of hydrogen-bond donors (Lipinski definition) is 1. The highest BCUT2D eigenvalue weighted by molar-refractivity contribution is 5.72. The molecule has 6 heteroatoms. The molecule has 1 aliphatic rings. The predicted octanol–water partition coefficient (Wildman–Crippen LogP) is 3.28. The fraction of sp³-hybridized carbons (Fsp3) is 0.391. The summed E-state index contributed by atoms with van der Waals surface area (Å²) in [4.78, 5) is 18.0. The van der Waals surface area contributed by atoms with Crippen molar-refractivity contribution in [2.75, 3.05) is 32.8 Å². The van der Waals surface area contributed by atoms with Gasteiger partial charge in [0.25, 0.3) is 0 Å². The van der Waals surface area contributed by atoms with Crippen LogP contribution in [0.2, 0.25) is 0 Å². The zero-order valence-corrected chi connectivity index (χ0v) is 16.8. The summed E-state index contributed by atoms with van der Waals surface area (Å²) in [5, 5.41) is 9.18. The van der Waals surface area contributed by atoms with Gasteiger partial charge in [-0.05, 0) is 48.7 Å². The highest BCUT2D eigenvalue weighted by Gasteiger charge is 2.18. The number of rotatable bonds is 10. The molecule has 0 saturated carbocycles. The van der Waals surface area contributed by atoms with Crippen molar-refractivity contribution in [3.05, 3.63) is 66.0 Å². The molecule has 0 amide bonds. The van der Waals surface area contributed by atoms with Gasteiger partial charge in [-0.15, -0.1) is 0 Å². The van der Waals surface area contributed by atoms with Crippen molar-refractivity contribution in [2.24, 2.45) is 0 Å². The van der Waals surface area contributed by atoms with E-state index in [1.54, 1.807) is 6.92 Å². The number of carboxylic acid groups (broad SMARTS) is 1. The maximum Gasteiger partial charge on any atom is 0.333 e. The predicted molar refractivity (Wildman–Crippen MR) is 112 cm³/mol. The first-order valence-electron chi connectivity index (χ1n) is 10.0. The average Bonchev–Trinajstić information content (AvgIpc) is 2.75. The van der Waals surface area contributed by atoms with E-state index in [1.165, 1.54) is 5.57 Å². The lowest BCUT2D eigenvalue weighted by Crippen LogP contribution is -2.32. The van der Waals surface area contributed by atoms with Crippen molar-refractivity contribution in [1.29, 1.82) is 0 Å². The van der Waals surface area contributed by atoms with Crippen LogP contribution in [0.25, 0.3) is 5.57 Å². The lowest BCUT2D eigenvalue weighted by Gasteiger charge is -2.26. The summed E-state index contributed by atoms with van der Waals surface area (Å²) >= 11 is 0. The average molecular weight is 396 g/mol.